The normalized spacial score (nSPS) is 9.29. The van der Waals surface area contributed by atoms with Crippen LogP contribution in [0.25, 0.3) is 0 Å². The molecule has 0 aromatic heterocycles. The van der Waals surface area contributed by atoms with Crippen LogP contribution in [-0.2, 0) is 55.8 Å². The van der Waals surface area contributed by atoms with Crippen molar-refractivity contribution >= 4 is 23.5 Å². The van der Waals surface area contributed by atoms with E-state index in [2.05, 4.69) is 16.7 Å². The van der Waals surface area contributed by atoms with E-state index in [4.69, 9.17) is 0 Å². The minimum absolute atomic E-state index is 0.368. The monoisotopic (exact) mass is 282 g/mol. The van der Waals surface area contributed by atoms with Gasteiger partial charge in [0.25, 0.3) is 0 Å². The van der Waals surface area contributed by atoms with Gasteiger partial charge in [-0.25, -0.2) is 0 Å². The number of Topliss-reactive ketones (excluding diaryl/α,β-unsaturated/α-hetero) is 2. The maximum absolute atomic E-state index is 10.7. The van der Waals surface area contributed by atoms with Crippen LogP contribution in [0.3, 0.4) is 0 Å². The zero-order valence-electron chi connectivity index (χ0n) is 9.18. The molecule has 0 heterocycles. The summed E-state index contributed by atoms with van der Waals surface area (Å²) in [5.74, 6) is -2.46. The molecular formula is C8H10O8Ti. The zero-order valence-corrected chi connectivity index (χ0v) is 10.7. The van der Waals surface area contributed by atoms with Crippen LogP contribution in [0.2, 0.25) is 0 Å². The van der Waals surface area contributed by atoms with Crippen LogP contribution in [0.5, 0.6) is 0 Å². The predicted octanol–water partition coefficient (Wildman–Crippen LogP) is -0.193. The molecule has 0 amide bonds. The first-order valence-corrected chi connectivity index (χ1v) is 5.66. The molecule has 0 aliphatic rings. The molecule has 0 fully saturated rings. The summed E-state index contributed by atoms with van der Waals surface area (Å²) in [7, 11) is 0. The average molecular weight is 282 g/mol. The first-order chi connectivity index (χ1) is 7.91. The van der Waals surface area contributed by atoms with Crippen molar-refractivity contribution in [1.29, 1.82) is 0 Å². The maximum atomic E-state index is 10.7. The molecule has 0 bridgehead atoms. The Morgan fingerprint density at radius 3 is 1.47 bits per heavy atom. The predicted molar refractivity (Wildman–Crippen MR) is 45.0 cm³/mol. The molecular weight excluding hydrogens is 272 g/mol. The summed E-state index contributed by atoms with van der Waals surface area (Å²) in [5.41, 5.74) is 0. The molecule has 0 aromatic rings. The average Bonchev–Trinajstić information content (AvgIpc) is 2.14. The van der Waals surface area contributed by atoms with Gasteiger partial charge in [0.2, 0.25) is 0 Å². The fraction of sp³-hybridized carbons (Fsp3) is 0.500. The van der Waals surface area contributed by atoms with Crippen LogP contribution in [0.4, 0.5) is 0 Å². The Morgan fingerprint density at radius 1 is 0.824 bits per heavy atom. The molecule has 0 saturated heterocycles. The molecule has 8 nitrogen and oxygen atoms in total. The Labute approximate surface area is 106 Å². The van der Waals surface area contributed by atoms with Crippen LogP contribution in [0, 0.1) is 0 Å². The van der Waals surface area contributed by atoms with Gasteiger partial charge in [0.15, 0.2) is 0 Å². The molecule has 94 valence electrons. The Bertz CT molecular complexity index is 283. The van der Waals surface area contributed by atoms with E-state index in [-0.39, 0.29) is 11.6 Å². The summed E-state index contributed by atoms with van der Waals surface area (Å²) in [6.07, 6.45) is -0.813. The molecule has 0 rings (SSSR count). The first kappa shape index (κ1) is 15.9. The quantitative estimate of drug-likeness (QED) is 0.198. The van der Waals surface area contributed by atoms with Gasteiger partial charge >= 0.3 is 106 Å². The molecule has 0 aliphatic carbocycles. The number of hydrogen-bond donors (Lipinski definition) is 0. The summed E-state index contributed by atoms with van der Waals surface area (Å²) >= 11 is -1.73. The van der Waals surface area contributed by atoms with Crippen molar-refractivity contribution in [3.05, 3.63) is 0 Å². The first-order valence-electron chi connectivity index (χ1n) is 4.38. The molecule has 0 N–H and O–H groups in total. The minimum atomic E-state index is -1.73. The third kappa shape index (κ3) is 11.2. The summed E-state index contributed by atoms with van der Waals surface area (Å²) in [6.45, 7) is 2.44. The van der Waals surface area contributed by atoms with Crippen molar-refractivity contribution in [3.63, 3.8) is 0 Å². The molecule has 0 radical (unpaired) electrons. The van der Waals surface area contributed by atoms with Crippen molar-refractivity contribution in [2.24, 2.45) is 0 Å². The topological polar surface area (TPSA) is 105 Å². The van der Waals surface area contributed by atoms with Gasteiger partial charge in [0, 0.05) is 0 Å². The number of hydrogen-bond acceptors (Lipinski definition) is 8. The molecule has 0 saturated carbocycles. The van der Waals surface area contributed by atoms with Gasteiger partial charge in [0.1, 0.15) is 0 Å². The second kappa shape index (κ2) is 9.00. The SMILES string of the molecule is CC(=O)CC(=O)O[O][Ti][O]OC(=O)CC(C)=O. The van der Waals surface area contributed by atoms with E-state index in [1.54, 1.807) is 0 Å². The summed E-state index contributed by atoms with van der Waals surface area (Å²) in [5, 5.41) is 0. The number of rotatable bonds is 8. The molecule has 9 heteroatoms. The third-order valence-corrected chi connectivity index (χ3v) is 1.60. The Balaban J connectivity index is 3.46. The van der Waals surface area contributed by atoms with Crippen LogP contribution in [-0.4, -0.2) is 23.5 Å². The molecule has 17 heavy (non-hydrogen) atoms. The van der Waals surface area contributed by atoms with Crippen LogP contribution >= 0.6 is 0 Å². The van der Waals surface area contributed by atoms with Crippen LogP contribution < -0.4 is 0 Å². The Hall–Kier alpha value is -1.09. The number of carbonyl (C=O) groups excluding carboxylic acids is 4. The zero-order chi connectivity index (χ0) is 13.3. The van der Waals surface area contributed by atoms with Crippen molar-refractivity contribution in [2.75, 3.05) is 0 Å². The van der Waals surface area contributed by atoms with Gasteiger partial charge in [-0.2, -0.15) is 0 Å². The van der Waals surface area contributed by atoms with Gasteiger partial charge < -0.3 is 0 Å². The second-order valence-electron chi connectivity index (χ2n) is 2.92. The van der Waals surface area contributed by atoms with E-state index in [1.807, 2.05) is 0 Å². The van der Waals surface area contributed by atoms with E-state index >= 15 is 0 Å². The van der Waals surface area contributed by atoms with Gasteiger partial charge in [-0.1, -0.05) is 0 Å². The van der Waals surface area contributed by atoms with Crippen molar-refractivity contribution in [2.45, 2.75) is 26.7 Å². The number of carbonyl (C=O) groups is 4. The van der Waals surface area contributed by atoms with E-state index in [1.165, 1.54) is 13.8 Å². The molecule has 0 atom stereocenters. The van der Waals surface area contributed by atoms with Crippen molar-refractivity contribution < 1.29 is 55.8 Å². The van der Waals surface area contributed by atoms with E-state index in [0.29, 0.717) is 0 Å². The molecule has 0 aromatic carbocycles. The third-order valence-electron chi connectivity index (χ3n) is 1.12. The summed E-state index contributed by atoms with van der Waals surface area (Å²) in [4.78, 5) is 50.6. The molecule has 0 aliphatic heterocycles. The standard InChI is InChI=1S/2C4H6O4.Ti/c2*1-3(5)2-4(6)8-7;/h2*7H,2H2,1H3;/q;;+2/p-2. The van der Waals surface area contributed by atoms with Gasteiger partial charge in [-0.05, 0) is 0 Å². The fourth-order valence-corrected chi connectivity index (χ4v) is 1.05. The molecule has 0 unspecified atom stereocenters. The summed E-state index contributed by atoms with van der Waals surface area (Å²) in [6, 6.07) is 0. The Kier molecular flexibility index (Phi) is 8.42. The van der Waals surface area contributed by atoms with Gasteiger partial charge in [-0.3, -0.25) is 0 Å². The van der Waals surface area contributed by atoms with Crippen molar-refractivity contribution in [1.82, 2.24) is 0 Å². The Morgan fingerprint density at radius 2 is 1.18 bits per heavy atom. The fourth-order valence-electron chi connectivity index (χ4n) is 0.606. The van der Waals surface area contributed by atoms with Crippen LogP contribution in [0.15, 0.2) is 0 Å². The second-order valence-corrected chi connectivity index (χ2v) is 3.70. The van der Waals surface area contributed by atoms with Crippen molar-refractivity contribution in [3.8, 4) is 0 Å². The van der Waals surface area contributed by atoms with E-state index in [0.717, 1.165) is 0 Å². The van der Waals surface area contributed by atoms with Gasteiger partial charge in [0.05, 0.1) is 0 Å². The van der Waals surface area contributed by atoms with Crippen LogP contribution in [0.1, 0.15) is 26.7 Å². The van der Waals surface area contributed by atoms with E-state index in [9.17, 15) is 19.2 Å². The van der Waals surface area contributed by atoms with E-state index < -0.39 is 44.7 Å². The number of ketones is 2. The van der Waals surface area contributed by atoms with Gasteiger partial charge in [-0.15, -0.1) is 0 Å². The molecule has 0 spiro atoms. The summed E-state index contributed by atoms with van der Waals surface area (Å²) < 4.78 is 8.58.